The lowest BCUT2D eigenvalue weighted by atomic mass is 10.2. The molecular weight excluding hydrogens is 352 g/mol. The molecule has 1 aromatic carbocycles. The van der Waals surface area contributed by atoms with Crippen LogP contribution >= 0.6 is 11.6 Å². The fourth-order valence-corrected chi connectivity index (χ4v) is 2.91. The van der Waals surface area contributed by atoms with E-state index in [1.54, 1.807) is 7.11 Å². The van der Waals surface area contributed by atoms with Gasteiger partial charge in [0.2, 0.25) is 5.91 Å². The van der Waals surface area contributed by atoms with Gasteiger partial charge in [0, 0.05) is 50.0 Å². The Balaban J connectivity index is 2.24. The number of rotatable bonds is 10. The van der Waals surface area contributed by atoms with E-state index in [-0.39, 0.29) is 5.91 Å². The Labute approximate surface area is 159 Å². The van der Waals surface area contributed by atoms with E-state index >= 15 is 0 Å². The van der Waals surface area contributed by atoms with Crippen LogP contribution in [-0.4, -0.2) is 49.2 Å². The SMILES string of the molecule is CCCN(CCC(=O)NCCOC)c1nc(CC)nc2cc(Cl)ccc12. The van der Waals surface area contributed by atoms with Gasteiger partial charge in [-0.05, 0) is 24.6 Å². The third kappa shape index (κ3) is 5.54. The van der Waals surface area contributed by atoms with E-state index < -0.39 is 0 Å². The van der Waals surface area contributed by atoms with Gasteiger partial charge in [-0.15, -0.1) is 0 Å². The lowest BCUT2D eigenvalue weighted by molar-refractivity contribution is -0.121. The van der Waals surface area contributed by atoms with Crippen molar-refractivity contribution in [3.63, 3.8) is 0 Å². The van der Waals surface area contributed by atoms with Crippen molar-refractivity contribution in [3.05, 3.63) is 29.0 Å². The van der Waals surface area contributed by atoms with Crippen LogP contribution in [0, 0.1) is 0 Å². The molecule has 0 aliphatic carbocycles. The summed E-state index contributed by atoms with van der Waals surface area (Å²) in [5, 5.41) is 4.47. The van der Waals surface area contributed by atoms with E-state index in [0.717, 1.165) is 41.9 Å². The molecule has 26 heavy (non-hydrogen) atoms. The third-order valence-electron chi connectivity index (χ3n) is 4.03. The Morgan fingerprint density at radius 1 is 1.27 bits per heavy atom. The van der Waals surface area contributed by atoms with Gasteiger partial charge in [-0.1, -0.05) is 25.4 Å². The number of ether oxygens (including phenoxy) is 1. The van der Waals surface area contributed by atoms with Crippen molar-refractivity contribution < 1.29 is 9.53 Å². The molecule has 0 saturated heterocycles. The predicted octanol–water partition coefficient (Wildman–Crippen LogP) is 3.21. The van der Waals surface area contributed by atoms with Gasteiger partial charge in [-0.25, -0.2) is 9.97 Å². The Morgan fingerprint density at radius 2 is 2.08 bits per heavy atom. The minimum Gasteiger partial charge on any atom is -0.383 e. The van der Waals surface area contributed by atoms with Gasteiger partial charge in [0.05, 0.1) is 12.1 Å². The summed E-state index contributed by atoms with van der Waals surface area (Å²) in [5.74, 6) is 1.66. The number of aryl methyl sites for hydroxylation is 1. The molecule has 0 unspecified atom stereocenters. The summed E-state index contributed by atoms with van der Waals surface area (Å²) < 4.78 is 4.96. The fraction of sp³-hybridized carbons (Fsp3) is 0.526. The maximum atomic E-state index is 12.0. The topological polar surface area (TPSA) is 67.4 Å². The van der Waals surface area contributed by atoms with Crippen LogP contribution in [0.5, 0.6) is 0 Å². The van der Waals surface area contributed by atoms with Crippen molar-refractivity contribution >= 4 is 34.2 Å². The van der Waals surface area contributed by atoms with Crippen molar-refractivity contribution in [1.82, 2.24) is 15.3 Å². The van der Waals surface area contributed by atoms with E-state index in [0.29, 0.717) is 31.1 Å². The second kappa shape index (κ2) is 10.3. The van der Waals surface area contributed by atoms with Crippen LogP contribution in [0.2, 0.25) is 5.02 Å². The summed E-state index contributed by atoms with van der Waals surface area (Å²) >= 11 is 6.13. The molecule has 0 saturated carbocycles. The van der Waals surface area contributed by atoms with Crippen LogP contribution < -0.4 is 10.2 Å². The van der Waals surface area contributed by atoms with E-state index in [4.69, 9.17) is 21.3 Å². The first-order valence-corrected chi connectivity index (χ1v) is 9.43. The van der Waals surface area contributed by atoms with Gasteiger partial charge in [0.25, 0.3) is 0 Å². The summed E-state index contributed by atoms with van der Waals surface area (Å²) in [6.07, 6.45) is 2.11. The summed E-state index contributed by atoms with van der Waals surface area (Å²) in [4.78, 5) is 23.5. The number of anilines is 1. The number of nitrogens with zero attached hydrogens (tertiary/aromatic N) is 3. The monoisotopic (exact) mass is 378 g/mol. The molecule has 1 heterocycles. The molecule has 1 aromatic heterocycles. The first-order valence-electron chi connectivity index (χ1n) is 9.05. The van der Waals surface area contributed by atoms with Crippen molar-refractivity contribution in [2.45, 2.75) is 33.1 Å². The Bertz CT molecular complexity index is 739. The zero-order chi connectivity index (χ0) is 18.9. The second-order valence-electron chi connectivity index (χ2n) is 6.06. The number of halogens is 1. The minimum absolute atomic E-state index is 0.0141. The normalized spacial score (nSPS) is 10.9. The average Bonchev–Trinajstić information content (AvgIpc) is 2.64. The molecule has 0 bridgehead atoms. The number of amides is 1. The lowest BCUT2D eigenvalue weighted by Crippen LogP contribution is -2.33. The maximum Gasteiger partial charge on any atom is 0.221 e. The number of benzene rings is 1. The molecule has 2 rings (SSSR count). The highest BCUT2D eigenvalue weighted by atomic mass is 35.5. The maximum absolute atomic E-state index is 12.0. The Morgan fingerprint density at radius 3 is 2.77 bits per heavy atom. The molecule has 0 aliphatic heterocycles. The van der Waals surface area contributed by atoms with Crippen molar-refractivity contribution in [1.29, 1.82) is 0 Å². The van der Waals surface area contributed by atoms with Gasteiger partial charge in [-0.2, -0.15) is 0 Å². The Hall–Kier alpha value is -1.92. The summed E-state index contributed by atoms with van der Waals surface area (Å²) in [5.41, 5.74) is 0.838. The molecular formula is C19H27ClN4O2. The van der Waals surface area contributed by atoms with Crippen molar-refractivity contribution in [3.8, 4) is 0 Å². The number of hydrogen-bond donors (Lipinski definition) is 1. The lowest BCUT2D eigenvalue weighted by Gasteiger charge is -2.25. The smallest absolute Gasteiger partial charge is 0.221 e. The highest BCUT2D eigenvalue weighted by Crippen LogP contribution is 2.27. The van der Waals surface area contributed by atoms with Crippen LogP contribution in [-0.2, 0) is 16.0 Å². The van der Waals surface area contributed by atoms with Gasteiger partial charge in [0.1, 0.15) is 11.6 Å². The summed E-state index contributed by atoms with van der Waals surface area (Å²) in [7, 11) is 1.62. The van der Waals surface area contributed by atoms with Gasteiger partial charge < -0.3 is 15.0 Å². The van der Waals surface area contributed by atoms with Crippen LogP contribution in [0.25, 0.3) is 10.9 Å². The molecule has 6 nitrogen and oxygen atoms in total. The number of carbonyl (C=O) groups excluding carboxylic acids is 1. The molecule has 1 amide bonds. The molecule has 142 valence electrons. The first kappa shape index (κ1) is 20.4. The number of aromatic nitrogens is 2. The van der Waals surface area contributed by atoms with E-state index in [1.807, 2.05) is 25.1 Å². The number of fused-ring (bicyclic) bond motifs is 1. The van der Waals surface area contributed by atoms with Crippen molar-refractivity contribution in [2.75, 3.05) is 38.3 Å². The van der Waals surface area contributed by atoms with E-state index in [2.05, 4.69) is 22.1 Å². The minimum atomic E-state index is 0.0141. The van der Waals surface area contributed by atoms with Crippen LogP contribution in [0.4, 0.5) is 5.82 Å². The molecule has 7 heteroatoms. The molecule has 0 aliphatic rings. The second-order valence-corrected chi connectivity index (χ2v) is 6.49. The predicted molar refractivity (Wildman–Crippen MR) is 106 cm³/mol. The van der Waals surface area contributed by atoms with Gasteiger partial charge >= 0.3 is 0 Å². The van der Waals surface area contributed by atoms with Crippen LogP contribution in [0.1, 0.15) is 32.5 Å². The van der Waals surface area contributed by atoms with Gasteiger partial charge in [0.15, 0.2) is 0 Å². The van der Waals surface area contributed by atoms with E-state index in [1.165, 1.54) is 0 Å². The Kier molecular flexibility index (Phi) is 8.06. The number of hydrogen-bond acceptors (Lipinski definition) is 5. The van der Waals surface area contributed by atoms with Crippen molar-refractivity contribution in [2.24, 2.45) is 0 Å². The summed E-state index contributed by atoms with van der Waals surface area (Å²) in [6, 6.07) is 5.67. The number of methoxy groups -OCH3 is 1. The average molecular weight is 379 g/mol. The number of nitrogens with one attached hydrogen (secondary N) is 1. The molecule has 0 atom stereocenters. The molecule has 2 aromatic rings. The first-order chi connectivity index (χ1) is 12.6. The molecule has 0 radical (unpaired) electrons. The van der Waals surface area contributed by atoms with Crippen LogP contribution in [0.3, 0.4) is 0 Å². The standard InChI is InChI=1S/C19H27ClN4O2/c1-4-10-24(11-8-18(25)21-9-12-26-3)19-15-7-6-14(20)13-16(15)22-17(5-2)23-19/h6-7,13H,4-5,8-12H2,1-3H3,(H,21,25). The number of carbonyl (C=O) groups is 1. The quantitative estimate of drug-likeness (QED) is 0.643. The zero-order valence-electron chi connectivity index (χ0n) is 15.7. The third-order valence-corrected chi connectivity index (χ3v) is 4.27. The largest absolute Gasteiger partial charge is 0.383 e. The highest BCUT2D eigenvalue weighted by molar-refractivity contribution is 6.31. The van der Waals surface area contributed by atoms with E-state index in [9.17, 15) is 4.79 Å². The highest BCUT2D eigenvalue weighted by Gasteiger charge is 2.15. The fourth-order valence-electron chi connectivity index (χ4n) is 2.74. The van der Waals surface area contributed by atoms with Gasteiger partial charge in [-0.3, -0.25) is 4.79 Å². The molecule has 0 fully saturated rings. The van der Waals surface area contributed by atoms with Crippen LogP contribution in [0.15, 0.2) is 18.2 Å². The molecule has 1 N–H and O–H groups in total. The summed E-state index contributed by atoms with van der Waals surface area (Å²) in [6.45, 7) is 6.61. The molecule has 0 spiro atoms. The zero-order valence-corrected chi connectivity index (χ0v) is 16.5.